The Balaban J connectivity index is 1.12. The van der Waals surface area contributed by atoms with Crippen LogP contribution in [0.1, 0.15) is 91.2 Å². The first-order valence-electron chi connectivity index (χ1n) is 21.2. The Morgan fingerprint density at radius 2 is 1.76 bits per heavy atom. The first-order valence-corrected chi connectivity index (χ1v) is 26.7. The number of aliphatic hydroxyl groups is 2. The number of Topliss-reactive ketones (excluding diaryl/α,β-unsaturated/α-hetero) is 1. The molecule has 29 heteroatoms. The molecular formula is C37H60N7O18P3S. The Bertz CT molecular complexity index is 2160. The molecular weight excluding hydrogens is 955 g/mol. The van der Waals surface area contributed by atoms with Crippen molar-refractivity contribution in [3.8, 4) is 0 Å². The van der Waals surface area contributed by atoms with Crippen LogP contribution in [0.15, 0.2) is 24.8 Å². The molecule has 66 heavy (non-hydrogen) atoms. The van der Waals surface area contributed by atoms with E-state index in [1.165, 1.54) is 13.8 Å². The average Bonchev–Trinajstić information content (AvgIpc) is 3.91. The number of nitrogen functional groups attached to an aromatic ring is 1. The number of ketones is 1. The smallest absolute Gasteiger partial charge is 0.386 e. The molecule has 2 aromatic heterocycles. The number of ether oxygens (including phenoxy) is 1. The number of imidazole rings is 1. The molecule has 1 aliphatic carbocycles. The van der Waals surface area contributed by atoms with Crippen LogP contribution in [0.2, 0.25) is 0 Å². The zero-order valence-electron chi connectivity index (χ0n) is 36.7. The summed E-state index contributed by atoms with van der Waals surface area (Å²) in [6, 6.07) is 0. The highest BCUT2D eigenvalue weighted by Crippen LogP contribution is 2.61. The van der Waals surface area contributed by atoms with E-state index in [0.717, 1.165) is 73.9 Å². The van der Waals surface area contributed by atoms with Crippen LogP contribution in [0.25, 0.3) is 11.2 Å². The lowest BCUT2D eigenvalue weighted by molar-refractivity contribution is -0.137. The maximum Gasteiger partial charge on any atom is 0.481 e. The van der Waals surface area contributed by atoms with Crippen LogP contribution in [0.5, 0.6) is 0 Å². The summed E-state index contributed by atoms with van der Waals surface area (Å²) in [5, 5.41) is 26.6. The summed E-state index contributed by atoms with van der Waals surface area (Å²) in [5.41, 5.74) is 4.26. The van der Waals surface area contributed by atoms with E-state index < -0.39 is 84.6 Å². The molecule has 9 unspecified atom stereocenters. The maximum absolute atomic E-state index is 12.7. The number of fused-ring (bicyclic) bond motifs is 1. The van der Waals surface area contributed by atoms with Crippen LogP contribution >= 0.6 is 35.2 Å². The van der Waals surface area contributed by atoms with Crippen LogP contribution in [-0.4, -0.2) is 128 Å². The summed E-state index contributed by atoms with van der Waals surface area (Å²) < 4.78 is 62.4. The zero-order valence-corrected chi connectivity index (χ0v) is 40.2. The van der Waals surface area contributed by atoms with Gasteiger partial charge in [-0.1, -0.05) is 57.5 Å². The number of phosphoric acid groups is 3. The summed E-state index contributed by atoms with van der Waals surface area (Å²) in [6.45, 7) is 2.55. The molecule has 0 bridgehead atoms. The first kappa shape index (κ1) is 55.6. The fraction of sp³-hybridized carbons (Fsp3) is 0.703. The Kier molecular flexibility index (Phi) is 21.1. The number of carbonyl (C=O) groups is 4. The van der Waals surface area contributed by atoms with E-state index in [2.05, 4.69) is 53.5 Å². The molecule has 1 aliphatic heterocycles. The minimum atomic E-state index is -5.58. The Morgan fingerprint density at radius 1 is 1.03 bits per heavy atom. The molecule has 3 heterocycles. The fourth-order valence-corrected chi connectivity index (χ4v) is 10.8. The minimum Gasteiger partial charge on any atom is -0.386 e. The van der Waals surface area contributed by atoms with Gasteiger partial charge in [0.1, 0.15) is 42.0 Å². The van der Waals surface area contributed by atoms with Crippen molar-refractivity contribution in [2.75, 3.05) is 37.8 Å². The Labute approximate surface area is 384 Å². The normalized spacial score (nSPS) is 23.8. The number of nitrogens with two attached hydrogens (primary N) is 1. The molecule has 2 aliphatic rings. The largest absolute Gasteiger partial charge is 0.481 e. The molecule has 9 atom stereocenters. The van der Waals surface area contributed by atoms with Gasteiger partial charge in [-0.25, -0.2) is 28.6 Å². The van der Waals surface area contributed by atoms with Crippen molar-refractivity contribution in [1.29, 1.82) is 0 Å². The van der Waals surface area contributed by atoms with Gasteiger partial charge in [-0.05, 0) is 38.0 Å². The number of phosphoric ester groups is 3. The average molecular weight is 1020 g/mol. The van der Waals surface area contributed by atoms with Gasteiger partial charge >= 0.3 is 23.5 Å². The molecule has 2 amide bonds. The van der Waals surface area contributed by atoms with Gasteiger partial charge in [0, 0.05) is 49.4 Å². The molecule has 2 aromatic rings. The summed E-state index contributed by atoms with van der Waals surface area (Å²) >= 11 is 1.11. The number of unbranched alkanes of at least 4 members (excludes halogenated alkanes) is 2. The van der Waals surface area contributed by atoms with Crippen molar-refractivity contribution >= 4 is 74.9 Å². The monoisotopic (exact) mass is 1020 g/mol. The van der Waals surface area contributed by atoms with E-state index in [9.17, 15) is 62.7 Å². The van der Waals surface area contributed by atoms with E-state index in [1.54, 1.807) is 0 Å². The second kappa shape index (κ2) is 25.0. The number of nitrogens with one attached hydrogen (secondary N) is 2. The van der Waals surface area contributed by atoms with Crippen molar-refractivity contribution in [3.63, 3.8) is 0 Å². The van der Waals surface area contributed by atoms with Crippen LogP contribution in [0, 0.1) is 17.3 Å². The van der Waals surface area contributed by atoms with Gasteiger partial charge in [-0.2, -0.15) is 4.31 Å². The van der Waals surface area contributed by atoms with E-state index in [0.29, 0.717) is 30.3 Å². The standard InChI is InChI=1S/C37H60N7O18P3S/c1-4-5-7-11-24-23(13-14-25(24)45)10-8-6-9-12-28(47)66-18-17-39-27(46)15-16-40-35(50)32(49)37(2,3)20-59-65(56,57)62-64(54,55)58-19-26-31(61-63(51,52)53)30(48)36(60-26)44-22-43-29-33(38)41-21-42-34(29)44/h5,7,21-24,26,30-32,36,48-49H,4,6,8-20H2,1-3H3,(H,39,46)(H,40,50)(H,54,55)(H,56,57)(H2,38,41,42)(H2,51,52,53). The third kappa shape index (κ3) is 17.2. The van der Waals surface area contributed by atoms with Gasteiger partial charge in [-0.3, -0.25) is 37.3 Å². The van der Waals surface area contributed by atoms with E-state index >= 15 is 0 Å². The maximum atomic E-state index is 12.7. The summed E-state index contributed by atoms with van der Waals surface area (Å²) in [5.74, 6) is -0.238. The number of rotatable bonds is 28. The van der Waals surface area contributed by atoms with E-state index in [1.807, 2.05) is 0 Å². The van der Waals surface area contributed by atoms with E-state index in [4.69, 9.17) is 19.5 Å². The van der Waals surface area contributed by atoms with Crippen LogP contribution in [-0.2, 0) is 55.5 Å². The Hall–Kier alpha value is -3.03. The zero-order chi connectivity index (χ0) is 48.9. The molecule has 10 N–H and O–H groups in total. The molecule has 372 valence electrons. The summed E-state index contributed by atoms with van der Waals surface area (Å²) in [7, 11) is -16.4. The van der Waals surface area contributed by atoms with Crippen molar-refractivity contribution in [2.24, 2.45) is 17.3 Å². The van der Waals surface area contributed by atoms with Gasteiger partial charge in [0.15, 0.2) is 22.8 Å². The molecule has 1 saturated carbocycles. The topological polar surface area (TPSA) is 381 Å². The minimum absolute atomic E-state index is 0.0137. The quantitative estimate of drug-likeness (QED) is 0.0336. The highest BCUT2D eigenvalue weighted by atomic mass is 32.2. The van der Waals surface area contributed by atoms with Gasteiger partial charge in [0.2, 0.25) is 11.8 Å². The lowest BCUT2D eigenvalue weighted by Crippen LogP contribution is -2.46. The Morgan fingerprint density at radius 3 is 2.47 bits per heavy atom. The number of allylic oxidation sites excluding steroid dienone is 2. The number of amides is 2. The predicted molar refractivity (Wildman–Crippen MR) is 235 cm³/mol. The van der Waals surface area contributed by atoms with Gasteiger partial charge in [0.05, 0.1) is 19.5 Å². The number of hydrogen-bond acceptors (Lipinski definition) is 19. The molecule has 4 rings (SSSR count). The van der Waals surface area contributed by atoms with E-state index in [-0.39, 0.29) is 47.5 Å². The molecule has 0 spiro atoms. The number of carbonyl (C=O) groups excluding carboxylic acids is 4. The molecule has 0 radical (unpaired) electrons. The lowest BCUT2D eigenvalue weighted by atomic mass is 9.87. The van der Waals surface area contributed by atoms with Crippen molar-refractivity contribution in [2.45, 2.75) is 116 Å². The number of thioether (sulfide) groups is 1. The van der Waals surface area contributed by atoms with Crippen molar-refractivity contribution < 1.29 is 85.3 Å². The van der Waals surface area contributed by atoms with Gasteiger partial charge < -0.3 is 50.9 Å². The van der Waals surface area contributed by atoms with Gasteiger partial charge in [0.25, 0.3) is 0 Å². The van der Waals surface area contributed by atoms with Gasteiger partial charge in [-0.15, -0.1) is 0 Å². The summed E-state index contributed by atoms with van der Waals surface area (Å²) in [4.78, 5) is 101. The SMILES string of the molecule is CCC=CCC1C(=O)CCC1CCCCCC(=O)SCCNC(=O)CCNC(=O)C(O)C(C)(C)COP(=O)(O)OP(=O)(O)OCC1OC(n2cnc3c(N)ncnc32)C(O)C1OP(=O)(O)O. The highest BCUT2D eigenvalue weighted by molar-refractivity contribution is 8.13. The summed E-state index contributed by atoms with van der Waals surface area (Å²) in [6.07, 6.45) is 4.58. The number of anilines is 1. The van der Waals surface area contributed by atoms with Crippen LogP contribution < -0.4 is 16.4 Å². The third-order valence-electron chi connectivity index (χ3n) is 10.8. The number of hydrogen-bond donors (Lipinski definition) is 9. The van der Waals surface area contributed by atoms with Crippen molar-refractivity contribution in [3.05, 3.63) is 24.8 Å². The second-order valence-electron chi connectivity index (χ2n) is 16.4. The molecule has 0 aromatic carbocycles. The van der Waals surface area contributed by atoms with Crippen molar-refractivity contribution in [1.82, 2.24) is 30.2 Å². The molecule has 2 fully saturated rings. The predicted octanol–water partition coefficient (Wildman–Crippen LogP) is 2.57. The molecule has 1 saturated heterocycles. The second-order valence-corrected chi connectivity index (χ2v) is 21.8. The first-order chi connectivity index (χ1) is 30.9. The number of nitrogens with zero attached hydrogens (tertiary/aromatic N) is 4. The van der Waals surface area contributed by atoms with Crippen LogP contribution in [0.3, 0.4) is 0 Å². The fourth-order valence-electron chi connectivity index (χ4n) is 7.28. The number of aliphatic hydroxyl groups excluding tert-OH is 2. The molecule has 25 nitrogen and oxygen atoms in total. The highest BCUT2D eigenvalue weighted by Gasteiger charge is 2.50. The lowest BCUT2D eigenvalue weighted by Gasteiger charge is -2.30. The number of aromatic nitrogens is 4. The third-order valence-corrected chi connectivity index (χ3v) is 14.8. The van der Waals surface area contributed by atoms with Crippen LogP contribution in [0.4, 0.5) is 5.82 Å².